The zero-order chi connectivity index (χ0) is 41.9. The normalized spacial score (nSPS) is 16.8. The van der Waals surface area contributed by atoms with Gasteiger partial charge in [0.15, 0.2) is 11.5 Å². The standard InChI is InChI=1S/C42H59N7O8/c1-9-26(2)36(32-22-43-40(54)49(32)24-30-17-13-14-27(3)44-30)38(52)45-31(20-28-15-11-10-12-16-28)34(51)25-48(23-29-18-19-33(50)35(21-29)56-7)47-39(53)37(42(4,5)6)46-41(55)57-8/h10-19,21,26,31-32,34,36-37,50-51H,9,20,22-25H2,1-8H3,(H,43,54)(H,45,52)(H,46,55)(H,47,53). The Bertz CT molecular complexity index is 1820. The molecule has 0 radical (unpaired) electrons. The smallest absolute Gasteiger partial charge is 0.407 e. The van der Waals surface area contributed by atoms with E-state index in [0.717, 1.165) is 11.3 Å². The first-order valence-electron chi connectivity index (χ1n) is 19.3. The number of aliphatic hydroxyl groups is 1. The van der Waals surface area contributed by atoms with Crippen molar-refractivity contribution in [2.75, 3.05) is 27.3 Å². The van der Waals surface area contributed by atoms with Crippen LogP contribution >= 0.6 is 0 Å². The van der Waals surface area contributed by atoms with Gasteiger partial charge in [0.2, 0.25) is 5.91 Å². The van der Waals surface area contributed by atoms with Gasteiger partial charge in [-0.3, -0.25) is 20.0 Å². The molecule has 0 spiro atoms. The van der Waals surface area contributed by atoms with Gasteiger partial charge in [0.05, 0.1) is 50.6 Å². The van der Waals surface area contributed by atoms with Crippen LogP contribution in [0.1, 0.15) is 63.6 Å². The third-order valence-corrected chi connectivity index (χ3v) is 10.3. The molecule has 4 rings (SSSR count). The summed E-state index contributed by atoms with van der Waals surface area (Å²) in [7, 11) is 2.63. The molecule has 3 aromatic rings. The minimum atomic E-state index is -1.25. The quantitative estimate of drug-likeness (QED) is 0.102. The van der Waals surface area contributed by atoms with Crippen molar-refractivity contribution in [3.05, 3.63) is 89.2 Å². The maximum atomic E-state index is 14.6. The van der Waals surface area contributed by atoms with Crippen LogP contribution in [0.25, 0.3) is 0 Å². The third kappa shape index (κ3) is 12.3. The molecule has 15 heteroatoms. The van der Waals surface area contributed by atoms with Crippen molar-refractivity contribution in [2.45, 2.75) is 91.7 Å². The van der Waals surface area contributed by atoms with E-state index in [1.807, 2.05) is 69.3 Å². The summed E-state index contributed by atoms with van der Waals surface area (Å²) in [6.45, 7) is 11.6. The molecule has 0 saturated carbocycles. The van der Waals surface area contributed by atoms with Crippen molar-refractivity contribution in [3.8, 4) is 11.5 Å². The molecule has 1 aliphatic heterocycles. The molecule has 6 atom stereocenters. The van der Waals surface area contributed by atoms with E-state index in [0.29, 0.717) is 17.7 Å². The highest BCUT2D eigenvalue weighted by molar-refractivity contribution is 5.86. The summed E-state index contributed by atoms with van der Waals surface area (Å²) in [6.07, 6.45) is -1.11. The second-order valence-electron chi connectivity index (χ2n) is 15.7. The van der Waals surface area contributed by atoms with Crippen LogP contribution in [0.2, 0.25) is 0 Å². The number of urea groups is 1. The molecule has 6 unspecified atom stereocenters. The molecule has 2 heterocycles. The number of aliphatic hydroxyl groups excluding tert-OH is 1. The van der Waals surface area contributed by atoms with E-state index in [9.17, 15) is 29.4 Å². The van der Waals surface area contributed by atoms with Crippen molar-refractivity contribution < 1.29 is 38.9 Å². The molecule has 5 amide bonds. The zero-order valence-electron chi connectivity index (χ0n) is 34.2. The Morgan fingerprint density at radius 2 is 1.74 bits per heavy atom. The van der Waals surface area contributed by atoms with E-state index in [-0.39, 0.29) is 62.0 Å². The average Bonchev–Trinajstić information content (AvgIpc) is 3.52. The van der Waals surface area contributed by atoms with Crippen LogP contribution in [0.15, 0.2) is 66.7 Å². The minimum Gasteiger partial charge on any atom is -0.504 e. The van der Waals surface area contributed by atoms with Crippen molar-refractivity contribution in [3.63, 3.8) is 0 Å². The number of alkyl carbamates (subject to hydrolysis) is 1. The van der Waals surface area contributed by atoms with E-state index in [2.05, 4.69) is 26.4 Å². The maximum Gasteiger partial charge on any atom is 0.407 e. The van der Waals surface area contributed by atoms with Gasteiger partial charge in [-0.1, -0.05) is 83.5 Å². The van der Waals surface area contributed by atoms with Crippen LogP contribution < -0.4 is 26.1 Å². The van der Waals surface area contributed by atoms with Crippen LogP contribution in [0.4, 0.5) is 9.59 Å². The molecule has 6 N–H and O–H groups in total. The number of carbonyl (C=O) groups is 4. The van der Waals surface area contributed by atoms with Crippen molar-refractivity contribution in [1.82, 2.24) is 36.3 Å². The van der Waals surface area contributed by atoms with Gasteiger partial charge in [-0.25, -0.2) is 14.6 Å². The molecule has 0 bridgehead atoms. The Kier molecular flexibility index (Phi) is 15.7. The summed E-state index contributed by atoms with van der Waals surface area (Å²) in [5.74, 6) is -1.50. The molecule has 1 aromatic heterocycles. The van der Waals surface area contributed by atoms with Gasteiger partial charge in [0, 0.05) is 25.3 Å². The molecule has 1 fully saturated rings. The summed E-state index contributed by atoms with van der Waals surface area (Å²) in [5, 5.41) is 32.6. The number of hydrogen-bond acceptors (Lipinski definition) is 10. The first-order chi connectivity index (χ1) is 27.0. The predicted octanol–water partition coefficient (Wildman–Crippen LogP) is 4.05. The van der Waals surface area contributed by atoms with Crippen LogP contribution in [-0.2, 0) is 33.8 Å². The number of nitrogens with zero attached hydrogens (tertiary/aromatic N) is 3. The average molecular weight is 790 g/mol. The van der Waals surface area contributed by atoms with Crippen LogP contribution in [0, 0.1) is 24.2 Å². The highest BCUT2D eigenvalue weighted by Crippen LogP contribution is 2.29. The van der Waals surface area contributed by atoms with E-state index >= 15 is 0 Å². The number of aromatic hydroxyl groups is 1. The summed E-state index contributed by atoms with van der Waals surface area (Å²) < 4.78 is 10.1. The topological polar surface area (TPSA) is 195 Å². The zero-order valence-corrected chi connectivity index (χ0v) is 34.2. The number of rotatable bonds is 18. The predicted molar refractivity (Wildman–Crippen MR) is 215 cm³/mol. The Hall–Kier alpha value is -5.41. The lowest BCUT2D eigenvalue weighted by atomic mass is 9.83. The maximum absolute atomic E-state index is 14.6. The second kappa shape index (κ2) is 20.1. The number of ether oxygens (including phenoxy) is 2. The number of methoxy groups -OCH3 is 2. The number of carbonyl (C=O) groups excluding carboxylic acids is 4. The fourth-order valence-corrected chi connectivity index (χ4v) is 7.04. The number of amides is 5. The van der Waals surface area contributed by atoms with Crippen molar-refractivity contribution >= 4 is 23.9 Å². The van der Waals surface area contributed by atoms with Crippen LogP contribution in [0.5, 0.6) is 11.5 Å². The highest BCUT2D eigenvalue weighted by atomic mass is 16.5. The Morgan fingerprint density at radius 1 is 1.02 bits per heavy atom. The number of hydrazine groups is 1. The second-order valence-corrected chi connectivity index (χ2v) is 15.7. The van der Waals surface area contributed by atoms with Gasteiger partial charge in [0.25, 0.3) is 5.91 Å². The van der Waals surface area contributed by atoms with Crippen molar-refractivity contribution in [1.29, 1.82) is 0 Å². The molecule has 57 heavy (non-hydrogen) atoms. The van der Waals surface area contributed by atoms with Gasteiger partial charge < -0.3 is 40.5 Å². The number of nitrogens with one attached hydrogen (secondary N) is 4. The number of pyridine rings is 1. The molecule has 1 saturated heterocycles. The monoisotopic (exact) mass is 789 g/mol. The molecule has 310 valence electrons. The van der Waals surface area contributed by atoms with Gasteiger partial charge in [-0.15, -0.1) is 0 Å². The molecular weight excluding hydrogens is 731 g/mol. The third-order valence-electron chi connectivity index (χ3n) is 10.3. The molecule has 15 nitrogen and oxygen atoms in total. The Morgan fingerprint density at radius 3 is 2.37 bits per heavy atom. The van der Waals surface area contributed by atoms with Gasteiger partial charge in [-0.05, 0) is 60.1 Å². The van der Waals surface area contributed by atoms with E-state index in [4.69, 9.17) is 9.47 Å². The van der Waals surface area contributed by atoms with Crippen molar-refractivity contribution in [2.24, 2.45) is 17.3 Å². The Labute approximate surface area is 335 Å². The van der Waals surface area contributed by atoms with Gasteiger partial charge >= 0.3 is 12.1 Å². The van der Waals surface area contributed by atoms with Gasteiger partial charge in [-0.2, -0.15) is 0 Å². The first kappa shape index (κ1) is 44.3. The van der Waals surface area contributed by atoms with Crippen LogP contribution in [-0.4, -0.2) is 101 Å². The minimum absolute atomic E-state index is 0.0494. The SMILES string of the molecule is CCC(C)C(C(=O)NC(Cc1ccccc1)C(O)CN(Cc1ccc(O)c(OC)c1)NC(=O)C(NC(=O)OC)C(C)(C)C)C1CNC(=O)N1Cc1cccc(C)n1. The summed E-state index contributed by atoms with van der Waals surface area (Å²) in [5.41, 5.74) is 5.17. The van der Waals surface area contributed by atoms with E-state index in [1.54, 1.807) is 37.8 Å². The number of phenolic OH excluding ortho intramolecular Hbond substituents is 1. The highest BCUT2D eigenvalue weighted by Gasteiger charge is 2.43. The lowest BCUT2D eigenvalue weighted by Crippen LogP contribution is -2.59. The summed E-state index contributed by atoms with van der Waals surface area (Å²) in [6, 6.07) is 17.2. The molecule has 0 aliphatic carbocycles. The lowest BCUT2D eigenvalue weighted by Gasteiger charge is -2.36. The number of aromatic nitrogens is 1. The summed E-state index contributed by atoms with van der Waals surface area (Å²) >= 11 is 0. The largest absolute Gasteiger partial charge is 0.504 e. The van der Waals surface area contributed by atoms with Gasteiger partial charge in [0.1, 0.15) is 6.04 Å². The Balaban J connectivity index is 1.67. The van der Waals surface area contributed by atoms with Crippen LogP contribution in [0.3, 0.4) is 0 Å². The lowest BCUT2D eigenvalue weighted by molar-refractivity contribution is -0.133. The molecule has 1 aliphatic rings. The molecule has 2 aromatic carbocycles. The van der Waals surface area contributed by atoms with E-state index < -0.39 is 47.6 Å². The van der Waals surface area contributed by atoms with E-state index in [1.165, 1.54) is 25.3 Å². The fraction of sp³-hybridized carbons (Fsp3) is 0.500. The first-order valence-corrected chi connectivity index (χ1v) is 19.3. The number of benzene rings is 2. The number of aryl methyl sites for hydroxylation is 1. The molecular formula is C42H59N7O8. The number of hydrogen-bond donors (Lipinski definition) is 6. The summed E-state index contributed by atoms with van der Waals surface area (Å²) in [4.78, 5) is 60.3. The number of phenols is 1. The fourth-order valence-electron chi connectivity index (χ4n) is 7.04.